The third-order valence-electron chi connectivity index (χ3n) is 5.41. The molecule has 1 aromatic heterocycles. The molecule has 29 heavy (non-hydrogen) atoms. The minimum atomic E-state index is -0.210. The van der Waals surface area contributed by atoms with Gasteiger partial charge in [0, 0.05) is 45.0 Å². The molecular weight excluding hydrogens is 388 g/mol. The van der Waals surface area contributed by atoms with Gasteiger partial charge < -0.3 is 19.3 Å². The summed E-state index contributed by atoms with van der Waals surface area (Å²) in [7, 11) is 3.94. The molecule has 0 radical (unpaired) electrons. The Labute approximate surface area is 177 Å². The summed E-state index contributed by atoms with van der Waals surface area (Å²) in [5.41, 5.74) is 1.78. The number of aryl methyl sites for hydroxylation is 1. The highest BCUT2D eigenvalue weighted by atomic mass is 35.5. The van der Waals surface area contributed by atoms with Crippen LogP contribution in [0.1, 0.15) is 28.9 Å². The van der Waals surface area contributed by atoms with Crippen molar-refractivity contribution < 1.29 is 4.79 Å². The molecule has 1 aliphatic rings. The standard InChI is InChI=1S/C22H29ClN4O2/c1-16-9-10-27(17(2)15-24(3)4)22(29)20(16)21(28)26-13-11-25(12-14-26)19-8-6-5-7-18(19)23/h5-10,17H,11-15H2,1-4H3. The van der Waals surface area contributed by atoms with Crippen molar-refractivity contribution in [1.82, 2.24) is 14.4 Å². The predicted molar refractivity (Wildman–Crippen MR) is 118 cm³/mol. The second kappa shape index (κ2) is 9.01. The van der Waals surface area contributed by atoms with E-state index in [0.29, 0.717) is 31.2 Å². The van der Waals surface area contributed by atoms with E-state index >= 15 is 0 Å². The van der Waals surface area contributed by atoms with Crippen molar-refractivity contribution in [2.24, 2.45) is 0 Å². The van der Waals surface area contributed by atoms with Gasteiger partial charge in [0.1, 0.15) is 5.56 Å². The fourth-order valence-electron chi connectivity index (χ4n) is 3.88. The molecule has 1 atom stereocenters. The van der Waals surface area contributed by atoms with Gasteiger partial charge in [-0.1, -0.05) is 23.7 Å². The maximum Gasteiger partial charge on any atom is 0.263 e. The van der Waals surface area contributed by atoms with Crippen LogP contribution in [0.2, 0.25) is 5.02 Å². The molecule has 0 bridgehead atoms. The van der Waals surface area contributed by atoms with Crippen LogP contribution in [0.4, 0.5) is 5.69 Å². The average molecular weight is 417 g/mol. The van der Waals surface area contributed by atoms with Gasteiger partial charge in [-0.15, -0.1) is 0 Å². The van der Waals surface area contributed by atoms with Gasteiger partial charge in [-0.25, -0.2) is 0 Å². The summed E-state index contributed by atoms with van der Waals surface area (Å²) in [5, 5.41) is 0.712. The Kier molecular flexibility index (Phi) is 6.65. The lowest BCUT2D eigenvalue weighted by Crippen LogP contribution is -2.50. The smallest absolute Gasteiger partial charge is 0.263 e. The number of piperazine rings is 1. The summed E-state index contributed by atoms with van der Waals surface area (Å²) in [6.45, 7) is 7.05. The van der Waals surface area contributed by atoms with Crippen LogP contribution in [0.3, 0.4) is 0 Å². The number of aromatic nitrogens is 1. The first-order valence-corrected chi connectivity index (χ1v) is 10.3. The molecule has 1 fully saturated rings. The van der Waals surface area contributed by atoms with Crippen LogP contribution >= 0.6 is 11.6 Å². The first kappa shape index (κ1) is 21.4. The molecule has 1 saturated heterocycles. The molecule has 7 heteroatoms. The minimum Gasteiger partial charge on any atom is -0.367 e. The van der Waals surface area contributed by atoms with Crippen molar-refractivity contribution in [2.75, 3.05) is 51.7 Å². The first-order chi connectivity index (χ1) is 13.8. The van der Waals surface area contributed by atoms with Crippen molar-refractivity contribution in [3.8, 4) is 0 Å². The summed E-state index contributed by atoms with van der Waals surface area (Å²) in [6, 6.07) is 9.59. The third-order valence-corrected chi connectivity index (χ3v) is 5.73. The van der Waals surface area contributed by atoms with Crippen LogP contribution < -0.4 is 10.5 Å². The topological polar surface area (TPSA) is 48.8 Å². The molecule has 3 rings (SSSR count). The number of nitrogens with zero attached hydrogens (tertiary/aromatic N) is 4. The number of likely N-dealkylation sites (N-methyl/N-ethyl adjacent to an activating group) is 1. The van der Waals surface area contributed by atoms with Gasteiger partial charge in [-0.2, -0.15) is 0 Å². The zero-order chi connectivity index (χ0) is 21.1. The summed E-state index contributed by atoms with van der Waals surface area (Å²) < 4.78 is 1.67. The predicted octanol–water partition coefficient (Wildman–Crippen LogP) is 2.90. The molecule has 156 valence electrons. The van der Waals surface area contributed by atoms with E-state index in [2.05, 4.69) is 4.90 Å². The molecule has 6 nitrogen and oxygen atoms in total. The van der Waals surface area contributed by atoms with Gasteiger partial charge in [-0.05, 0) is 51.7 Å². The van der Waals surface area contributed by atoms with Crippen LogP contribution in [0, 0.1) is 6.92 Å². The lowest BCUT2D eigenvalue weighted by molar-refractivity contribution is 0.0743. The van der Waals surface area contributed by atoms with E-state index in [-0.39, 0.29) is 23.1 Å². The molecule has 2 aromatic rings. The van der Waals surface area contributed by atoms with Crippen molar-refractivity contribution >= 4 is 23.2 Å². The Bertz CT molecular complexity index is 933. The Morgan fingerprint density at radius 3 is 2.41 bits per heavy atom. The van der Waals surface area contributed by atoms with Crippen LogP contribution in [0.5, 0.6) is 0 Å². The first-order valence-electron chi connectivity index (χ1n) is 9.94. The molecule has 2 heterocycles. The number of pyridine rings is 1. The van der Waals surface area contributed by atoms with Gasteiger partial charge in [0.25, 0.3) is 11.5 Å². The lowest BCUT2D eigenvalue weighted by atomic mass is 10.1. The zero-order valence-corrected chi connectivity index (χ0v) is 18.3. The van der Waals surface area contributed by atoms with E-state index in [1.807, 2.05) is 63.2 Å². The Morgan fingerprint density at radius 1 is 1.14 bits per heavy atom. The summed E-state index contributed by atoms with van der Waals surface area (Å²) in [6.07, 6.45) is 1.79. The van der Waals surface area contributed by atoms with E-state index in [0.717, 1.165) is 17.8 Å². The SMILES string of the molecule is Cc1ccn(C(C)CN(C)C)c(=O)c1C(=O)N1CCN(c2ccccc2Cl)CC1. The van der Waals surface area contributed by atoms with Gasteiger partial charge in [-0.3, -0.25) is 9.59 Å². The molecule has 0 aliphatic carbocycles. The summed E-state index contributed by atoms with van der Waals surface area (Å²) >= 11 is 6.31. The quantitative estimate of drug-likeness (QED) is 0.752. The van der Waals surface area contributed by atoms with E-state index in [1.54, 1.807) is 15.7 Å². The van der Waals surface area contributed by atoms with E-state index in [1.165, 1.54) is 0 Å². The number of hydrogen-bond acceptors (Lipinski definition) is 4. The lowest BCUT2D eigenvalue weighted by Gasteiger charge is -2.36. The van der Waals surface area contributed by atoms with Crippen molar-refractivity contribution in [1.29, 1.82) is 0 Å². The number of para-hydroxylation sites is 1. The van der Waals surface area contributed by atoms with E-state index in [4.69, 9.17) is 11.6 Å². The molecule has 1 aromatic carbocycles. The number of rotatable bonds is 5. The number of benzene rings is 1. The number of amides is 1. The number of halogens is 1. The highest BCUT2D eigenvalue weighted by Gasteiger charge is 2.27. The molecule has 1 unspecified atom stereocenters. The fourth-order valence-corrected chi connectivity index (χ4v) is 4.14. The Hall–Kier alpha value is -2.31. The zero-order valence-electron chi connectivity index (χ0n) is 17.6. The normalized spacial score (nSPS) is 15.7. The van der Waals surface area contributed by atoms with Gasteiger partial charge in [0.15, 0.2) is 0 Å². The summed E-state index contributed by atoms with van der Waals surface area (Å²) in [4.78, 5) is 32.3. The van der Waals surface area contributed by atoms with Crippen LogP contribution in [-0.2, 0) is 0 Å². The molecule has 0 N–H and O–H groups in total. The van der Waals surface area contributed by atoms with Crippen LogP contribution in [-0.4, -0.2) is 67.1 Å². The van der Waals surface area contributed by atoms with Crippen molar-refractivity contribution in [3.63, 3.8) is 0 Å². The van der Waals surface area contributed by atoms with Gasteiger partial charge in [0.2, 0.25) is 0 Å². The Morgan fingerprint density at radius 2 is 1.79 bits per heavy atom. The fraction of sp³-hybridized carbons (Fsp3) is 0.455. The maximum absolute atomic E-state index is 13.2. The second-order valence-corrected chi connectivity index (χ2v) is 8.34. The van der Waals surface area contributed by atoms with Crippen LogP contribution in [0.25, 0.3) is 0 Å². The Balaban J connectivity index is 1.78. The monoisotopic (exact) mass is 416 g/mol. The highest BCUT2D eigenvalue weighted by Crippen LogP contribution is 2.26. The maximum atomic E-state index is 13.2. The minimum absolute atomic E-state index is 0.0123. The molecule has 1 aliphatic heterocycles. The molecule has 0 spiro atoms. The number of anilines is 1. The molecular formula is C22H29ClN4O2. The molecule has 0 saturated carbocycles. The van der Waals surface area contributed by atoms with Gasteiger partial charge >= 0.3 is 0 Å². The number of carbonyl (C=O) groups is 1. The largest absolute Gasteiger partial charge is 0.367 e. The summed E-state index contributed by atoms with van der Waals surface area (Å²) in [5.74, 6) is -0.183. The second-order valence-electron chi connectivity index (χ2n) is 7.93. The molecule has 1 amide bonds. The number of hydrogen-bond donors (Lipinski definition) is 0. The van der Waals surface area contributed by atoms with Crippen molar-refractivity contribution in [2.45, 2.75) is 19.9 Å². The van der Waals surface area contributed by atoms with E-state index in [9.17, 15) is 9.59 Å². The average Bonchev–Trinajstić information content (AvgIpc) is 2.68. The number of carbonyl (C=O) groups excluding carboxylic acids is 1. The van der Waals surface area contributed by atoms with Crippen LogP contribution in [0.15, 0.2) is 41.3 Å². The van der Waals surface area contributed by atoms with Crippen molar-refractivity contribution in [3.05, 3.63) is 63.0 Å². The highest BCUT2D eigenvalue weighted by molar-refractivity contribution is 6.33. The van der Waals surface area contributed by atoms with Gasteiger partial charge in [0.05, 0.1) is 10.7 Å². The van der Waals surface area contributed by atoms with E-state index < -0.39 is 0 Å². The third kappa shape index (κ3) is 4.65.